The van der Waals surface area contributed by atoms with Crippen molar-refractivity contribution in [2.45, 2.75) is 110 Å². The maximum absolute atomic E-state index is 12.4. The van der Waals surface area contributed by atoms with Crippen LogP contribution in [0.15, 0.2) is 0 Å². The number of rotatable bonds is 5. The Kier molecular flexibility index (Phi) is 5.93. The van der Waals surface area contributed by atoms with Crippen molar-refractivity contribution in [2.24, 2.45) is 0 Å². The highest BCUT2D eigenvalue weighted by atomic mass is 16.7. The standard InChI is InChI=1S/C18H34O5/c1-9-10-11-18(20)13(2)21-16(6,7)23-17(18,8)12-14(19)22-15(3,4)5/h13,20H,9-12H2,1-8H3/t13?,17-,18-/m1/s1. The lowest BCUT2D eigenvalue weighted by molar-refractivity contribution is -0.393. The summed E-state index contributed by atoms with van der Waals surface area (Å²) in [6.45, 7) is 14.8. The van der Waals surface area contributed by atoms with Crippen molar-refractivity contribution in [2.75, 3.05) is 0 Å². The summed E-state index contributed by atoms with van der Waals surface area (Å²) in [5.41, 5.74) is -2.87. The third-order valence-corrected chi connectivity index (χ3v) is 4.33. The largest absolute Gasteiger partial charge is 0.460 e. The summed E-state index contributed by atoms with van der Waals surface area (Å²) in [5.74, 6) is -1.24. The van der Waals surface area contributed by atoms with Crippen molar-refractivity contribution < 1.29 is 24.1 Å². The molecule has 1 aliphatic heterocycles. The molecule has 136 valence electrons. The van der Waals surface area contributed by atoms with E-state index in [-0.39, 0.29) is 12.4 Å². The van der Waals surface area contributed by atoms with Crippen LogP contribution in [0.25, 0.3) is 0 Å². The van der Waals surface area contributed by atoms with Gasteiger partial charge in [-0.2, -0.15) is 0 Å². The fourth-order valence-electron chi connectivity index (χ4n) is 3.36. The molecule has 1 N–H and O–H groups in total. The molecule has 0 bridgehead atoms. The first-order chi connectivity index (χ1) is 10.2. The molecule has 23 heavy (non-hydrogen) atoms. The summed E-state index contributed by atoms with van der Waals surface area (Å²) in [6, 6.07) is 0. The number of esters is 1. The van der Waals surface area contributed by atoms with E-state index in [9.17, 15) is 9.90 Å². The lowest BCUT2D eigenvalue weighted by atomic mass is 9.73. The van der Waals surface area contributed by atoms with Crippen LogP contribution in [0.4, 0.5) is 0 Å². The molecule has 3 atom stereocenters. The molecule has 0 saturated carbocycles. The van der Waals surface area contributed by atoms with E-state index in [1.165, 1.54) is 0 Å². The fraction of sp³-hybridized carbons (Fsp3) is 0.944. The Morgan fingerprint density at radius 2 is 1.83 bits per heavy atom. The predicted molar refractivity (Wildman–Crippen MR) is 89.1 cm³/mol. The van der Waals surface area contributed by atoms with Crippen LogP contribution in [-0.2, 0) is 19.0 Å². The molecule has 1 aliphatic rings. The van der Waals surface area contributed by atoms with Gasteiger partial charge in [-0.15, -0.1) is 0 Å². The molecular weight excluding hydrogens is 296 g/mol. The molecule has 0 radical (unpaired) electrons. The van der Waals surface area contributed by atoms with Crippen LogP contribution in [0, 0.1) is 0 Å². The van der Waals surface area contributed by atoms with Gasteiger partial charge in [0.15, 0.2) is 5.79 Å². The van der Waals surface area contributed by atoms with Crippen LogP contribution in [0.1, 0.15) is 81.1 Å². The van der Waals surface area contributed by atoms with Gasteiger partial charge in [-0.05, 0) is 54.9 Å². The SMILES string of the molecule is CCCC[C@@]1(O)C(C)OC(C)(C)O[C@]1(C)CC(=O)OC(C)(C)C. The Morgan fingerprint density at radius 3 is 2.30 bits per heavy atom. The molecule has 5 nitrogen and oxygen atoms in total. The van der Waals surface area contributed by atoms with Gasteiger partial charge in [0.1, 0.15) is 16.8 Å². The summed E-state index contributed by atoms with van der Waals surface area (Å²) in [7, 11) is 0. The number of hydrogen-bond donors (Lipinski definition) is 1. The average Bonchev–Trinajstić information content (AvgIpc) is 2.29. The zero-order valence-corrected chi connectivity index (χ0v) is 16.0. The minimum atomic E-state index is -1.24. The van der Waals surface area contributed by atoms with Crippen LogP contribution in [0.3, 0.4) is 0 Å². The Morgan fingerprint density at radius 1 is 1.26 bits per heavy atom. The fourth-order valence-corrected chi connectivity index (χ4v) is 3.36. The van der Waals surface area contributed by atoms with Crippen molar-refractivity contribution in [3.63, 3.8) is 0 Å². The minimum Gasteiger partial charge on any atom is -0.460 e. The summed E-state index contributed by atoms with van der Waals surface area (Å²) in [4.78, 5) is 12.4. The van der Waals surface area contributed by atoms with E-state index in [0.29, 0.717) is 6.42 Å². The molecule has 5 heteroatoms. The highest BCUT2D eigenvalue weighted by Crippen LogP contribution is 2.46. The predicted octanol–water partition coefficient (Wildman–Crippen LogP) is 3.57. The molecule has 0 aliphatic carbocycles. The van der Waals surface area contributed by atoms with Crippen LogP contribution in [0.2, 0.25) is 0 Å². The van der Waals surface area contributed by atoms with Gasteiger partial charge in [-0.1, -0.05) is 19.8 Å². The number of unbranched alkanes of at least 4 members (excludes halogenated alkanes) is 1. The van der Waals surface area contributed by atoms with E-state index < -0.39 is 28.7 Å². The topological polar surface area (TPSA) is 65.0 Å². The van der Waals surface area contributed by atoms with Gasteiger partial charge in [-0.3, -0.25) is 4.79 Å². The van der Waals surface area contributed by atoms with Gasteiger partial charge < -0.3 is 19.3 Å². The Hall–Kier alpha value is -0.650. The van der Waals surface area contributed by atoms with Crippen molar-refractivity contribution in [1.29, 1.82) is 0 Å². The van der Waals surface area contributed by atoms with Gasteiger partial charge in [0.05, 0.1) is 12.5 Å². The first kappa shape index (κ1) is 20.4. The van der Waals surface area contributed by atoms with Crippen LogP contribution in [0.5, 0.6) is 0 Å². The van der Waals surface area contributed by atoms with Crippen molar-refractivity contribution in [3.05, 3.63) is 0 Å². The summed E-state index contributed by atoms with van der Waals surface area (Å²) < 4.78 is 17.3. The quantitative estimate of drug-likeness (QED) is 0.781. The molecule has 1 heterocycles. The third kappa shape index (κ3) is 4.91. The van der Waals surface area contributed by atoms with Gasteiger partial charge in [-0.25, -0.2) is 0 Å². The second-order valence-electron chi connectivity index (χ2n) is 8.28. The maximum Gasteiger partial charge on any atom is 0.309 e. The van der Waals surface area contributed by atoms with E-state index in [1.807, 2.05) is 27.7 Å². The third-order valence-electron chi connectivity index (χ3n) is 4.33. The summed E-state index contributed by atoms with van der Waals surface area (Å²) in [6.07, 6.45) is 1.84. The summed E-state index contributed by atoms with van der Waals surface area (Å²) >= 11 is 0. The van der Waals surface area contributed by atoms with Gasteiger partial charge in [0, 0.05) is 0 Å². The Balaban J connectivity index is 3.08. The lowest BCUT2D eigenvalue weighted by Crippen LogP contribution is -2.69. The summed E-state index contributed by atoms with van der Waals surface area (Å²) in [5, 5.41) is 11.3. The monoisotopic (exact) mass is 330 g/mol. The van der Waals surface area contributed by atoms with Crippen LogP contribution in [-0.4, -0.2) is 39.8 Å². The van der Waals surface area contributed by atoms with Crippen molar-refractivity contribution >= 4 is 5.97 Å². The number of aliphatic hydroxyl groups is 1. The van der Waals surface area contributed by atoms with Crippen molar-refractivity contribution in [3.8, 4) is 0 Å². The molecule has 0 spiro atoms. The molecule has 1 saturated heterocycles. The van der Waals surface area contributed by atoms with E-state index in [4.69, 9.17) is 14.2 Å². The second-order valence-corrected chi connectivity index (χ2v) is 8.28. The molecule has 0 aromatic heterocycles. The average molecular weight is 330 g/mol. The molecule has 0 aromatic carbocycles. The van der Waals surface area contributed by atoms with E-state index >= 15 is 0 Å². The van der Waals surface area contributed by atoms with Gasteiger partial charge >= 0.3 is 5.97 Å². The normalized spacial score (nSPS) is 34.2. The molecule has 0 aromatic rings. The Labute approximate surface area is 140 Å². The van der Waals surface area contributed by atoms with Crippen LogP contribution < -0.4 is 0 Å². The Bertz CT molecular complexity index is 426. The highest BCUT2D eigenvalue weighted by molar-refractivity contribution is 5.71. The molecule has 1 unspecified atom stereocenters. The lowest BCUT2D eigenvalue weighted by Gasteiger charge is -2.56. The number of ether oxygens (including phenoxy) is 3. The maximum atomic E-state index is 12.4. The van der Waals surface area contributed by atoms with E-state index in [0.717, 1.165) is 12.8 Å². The molecule has 0 amide bonds. The van der Waals surface area contributed by atoms with Crippen LogP contribution >= 0.6 is 0 Å². The van der Waals surface area contributed by atoms with Gasteiger partial charge in [0.25, 0.3) is 0 Å². The molecular formula is C18H34O5. The zero-order valence-electron chi connectivity index (χ0n) is 16.0. The number of carbonyl (C=O) groups excluding carboxylic acids is 1. The number of hydrogen-bond acceptors (Lipinski definition) is 5. The zero-order chi connectivity index (χ0) is 18.1. The van der Waals surface area contributed by atoms with E-state index in [1.54, 1.807) is 20.8 Å². The van der Waals surface area contributed by atoms with Gasteiger partial charge in [0.2, 0.25) is 0 Å². The number of carbonyl (C=O) groups is 1. The first-order valence-electron chi connectivity index (χ1n) is 8.57. The second kappa shape index (κ2) is 6.69. The smallest absolute Gasteiger partial charge is 0.309 e. The molecule has 1 fully saturated rings. The van der Waals surface area contributed by atoms with Crippen molar-refractivity contribution in [1.82, 2.24) is 0 Å². The first-order valence-corrected chi connectivity index (χ1v) is 8.57. The molecule has 1 rings (SSSR count). The minimum absolute atomic E-state index is 0.0123. The highest BCUT2D eigenvalue weighted by Gasteiger charge is 2.59. The van der Waals surface area contributed by atoms with E-state index in [2.05, 4.69) is 6.92 Å².